The minimum absolute atomic E-state index is 0.145. The van der Waals surface area contributed by atoms with E-state index in [1.165, 1.54) is 20.0 Å². The predicted molar refractivity (Wildman–Crippen MR) is 136 cm³/mol. The molecule has 3 atom stereocenters. The summed E-state index contributed by atoms with van der Waals surface area (Å²) < 4.78 is 53.9. The van der Waals surface area contributed by atoms with Gasteiger partial charge < -0.3 is 32.3 Å². The SMILES string of the molecule is B[C@@H](COCCOC)O[C@@H](COP(OCCC#N)N(C(C)C)C(C)C)/C(C)=C/P(=O)(OC)OC. The second-order valence-corrected chi connectivity index (χ2v) is 11.6. The maximum Gasteiger partial charge on any atom is 0.353 e. The number of hydrogen-bond donors (Lipinski definition) is 0. The van der Waals surface area contributed by atoms with Crippen LogP contribution in [0.1, 0.15) is 41.0 Å². The molecule has 198 valence electrons. The molecule has 0 amide bonds. The lowest BCUT2D eigenvalue weighted by atomic mass is 10.0. The minimum Gasteiger partial charge on any atom is -0.382 e. The average molecular weight is 524 g/mol. The molecule has 0 aromatic carbocycles. The Morgan fingerprint density at radius 1 is 1.06 bits per heavy atom. The Morgan fingerprint density at radius 3 is 2.18 bits per heavy atom. The molecule has 0 aromatic rings. The molecule has 0 saturated carbocycles. The van der Waals surface area contributed by atoms with Gasteiger partial charge >= 0.3 is 7.60 Å². The van der Waals surface area contributed by atoms with Crippen LogP contribution in [-0.4, -0.2) is 91.1 Å². The van der Waals surface area contributed by atoms with Crippen molar-refractivity contribution in [2.45, 2.75) is 65.2 Å². The fourth-order valence-electron chi connectivity index (χ4n) is 2.95. The number of hydrogen-bond acceptors (Lipinski definition) is 10. The van der Waals surface area contributed by atoms with Crippen LogP contribution >= 0.6 is 16.1 Å². The smallest absolute Gasteiger partial charge is 0.353 e. The Hall–Kier alpha value is -0.365. The summed E-state index contributed by atoms with van der Waals surface area (Å²) in [5.74, 6) is 1.45. The van der Waals surface area contributed by atoms with E-state index < -0.39 is 22.2 Å². The van der Waals surface area contributed by atoms with Crippen LogP contribution in [0.25, 0.3) is 0 Å². The van der Waals surface area contributed by atoms with E-state index in [2.05, 4.69) is 38.4 Å². The highest BCUT2D eigenvalue weighted by Crippen LogP contribution is 2.50. The molecule has 34 heavy (non-hydrogen) atoms. The Bertz CT molecular complexity index is 647. The van der Waals surface area contributed by atoms with E-state index in [0.717, 1.165) is 0 Å². The number of methoxy groups -OCH3 is 1. The lowest BCUT2D eigenvalue weighted by Gasteiger charge is -2.36. The van der Waals surface area contributed by atoms with Crippen molar-refractivity contribution in [2.75, 3.05) is 54.4 Å². The predicted octanol–water partition coefficient (Wildman–Crippen LogP) is 3.68. The third-order valence-corrected chi connectivity index (χ3v) is 8.37. The van der Waals surface area contributed by atoms with Crippen LogP contribution < -0.4 is 0 Å². The van der Waals surface area contributed by atoms with Crippen molar-refractivity contribution in [1.29, 1.82) is 5.26 Å². The van der Waals surface area contributed by atoms with Crippen molar-refractivity contribution < 1.29 is 36.9 Å². The van der Waals surface area contributed by atoms with E-state index in [9.17, 15) is 4.57 Å². The molecule has 0 radical (unpaired) electrons. The first-order chi connectivity index (χ1) is 16.0. The van der Waals surface area contributed by atoms with E-state index in [1.807, 2.05) is 7.85 Å². The molecular formula is C21H43BN2O8P2. The van der Waals surface area contributed by atoms with Gasteiger partial charge in [0.1, 0.15) is 14.0 Å². The number of nitriles is 1. The average Bonchev–Trinajstić information content (AvgIpc) is 2.78. The molecule has 0 aromatic heterocycles. The summed E-state index contributed by atoms with van der Waals surface area (Å²) in [6.45, 7) is 11.8. The van der Waals surface area contributed by atoms with Gasteiger partial charge in [-0.2, -0.15) is 5.26 Å². The van der Waals surface area contributed by atoms with Crippen LogP contribution in [0.2, 0.25) is 0 Å². The van der Waals surface area contributed by atoms with Gasteiger partial charge in [0.15, 0.2) is 0 Å². The van der Waals surface area contributed by atoms with Crippen LogP contribution in [-0.2, 0) is 36.9 Å². The maximum absolute atomic E-state index is 12.7. The summed E-state index contributed by atoms with van der Waals surface area (Å²) >= 11 is 0. The van der Waals surface area contributed by atoms with E-state index in [1.54, 1.807) is 14.0 Å². The highest BCUT2D eigenvalue weighted by Gasteiger charge is 2.30. The Labute approximate surface area is 208 Å². The van der Waals surface area contributed by atoms with Gasteiger partial charge in [0.25, 0.3) is 8.53 Å². The molecule has 13 heteroatoms. The standard InChI is InChI=1S/C21H43BN2O8P2/c1-17(2)24(18(3)4)33(30-11-9-10-23)31-14-20(19(5)16-34(25,27-7)28-8)32-21(22)15-29-13-12-26-6/h16-18,20-21H,9,11-15,22H2,1-8H3/b19-16+/t20-,21+,33?/m0/s1. The fourth-order valence-corrected chi connectivity index (χ4v) is 5.58. The lowest BCUT2D eigenvalue weighted by Crippen LogP contribution is -2.35. The van der Waals surface area contributed by atoms with E-state index >= 15 is 0 Å². The zero-order valence-corrected chi connectivity index (χ0v) is 24.0. The molecule has 0 heterocycles. The van der Waals surface area contributed by atoms with Crippen LogP contribution in [0.15, 0.2) is 11.4 Å². The second kappa shape index (κ2) is 18.8. The molecule has 0 saturated heterocycles. The van der Waals surface area contributed by atoms with Gasteiger partial charge in [-0.05, 0) is 40.2 Å². The van der Waals surface area contributed by atoms with Crippen molar-refractivity contribution in [3.63, 3.8) is 0 Å². The topological polar surface area (TPSA) is 109 Å². The first-order valence-corrected chi connectivity index (χ1v) is 14.1. The Morgan fingerprint density at radius 2 is 1.68 bits per heavy atom. The molecule has 0 N–H and O–H groups in total. The molecule has 0 aliphatic heterocycles. The number of ether oxygens (including phenoxy) is 3. The summed E-state index contributed by atoms with van der Waals surface area (Å²) in [5, 5.41) is 8.91. The fraction of sp³-hybridized carbons (Fsp3) is 0.857. The maximum atomic E-state index is 12.7. The molecule has 0 spiro atoms. The summed E-state index contributed by atoms with van der Waals surface area (Å²) in [7, 11) is 1.31. The van der Waals surface area contributed by atoms with E-state index in [-0.39, 0.29) is 37.7 Å². The van der Waals surface area contributed by atoms with E-state index in [0.29, 0.717) is 25.4 Å². The Kier molecular flexibility index (Phi) is 18.6. The number of rotatable bonds is 20. The third-order valence-electron chi connectivity index (χ3n) is 4.56. The first-order valence-electron chi connectivity index (χ1n) is 11.4. The third kappa shape index (κ3) is 13.7. The van der Waals surface area contributed by atoms with Gasteiger partial charge in [-0.3, -0.25) is 4.57 Å². The summed E-state index contributed by atoms with van der Waals surface area (Å²) in [5.41, 5.74) is 0.642. The van der Waals surface area contributed by atoms with Crippen LogP contribution in [0.4, 0.5) is 0 Å². The Balaban J connectivity index is 5.63. The molecule has 0 aliphatic carbocycles. The quantitative estimate of drug-likeness (QED) is 0.133. The van der Waals surface area contributed by atoms with Gasteiger partial charge in [-0.15, -0.1) is 0 Å². The summed E-state index contributed by atoms with van der Waals surface area (Å²) in [6.07, 6.45) is -0.281. The normalized spacial score (nSPS) is 15.6. The summed E-state index contributed by atoms with van der Waals surface area (Å²) in [4.78, 5) is 0. The van der Waals surface area contributed by atoms with Crippen LogP contribution in [0.5, 0.6) is 0 Å². The molecule has 0 bridgehead atoms. The molecular weight excluding hydrogens is 481 g/mol. The highest BCUT2D eigenvalue weighted by atomic mass is 31.2. The van der Waals surface area contributed by atoms with Crippen molar-refractivity contribution in [3.8, 4) is 6.07 Å². The molecule has 0 aliphatic rings. The second-order valence-electron chi connectivity index (χ2n) is 8.12. The van der Waals surface area contributed by atoms with Crippen LogP contribution in [0.3, 0.4) is 0 Å². The van der Waals surface area contributed by atoms with Crippen molar-refractivity contribution in [1.82, 2.24) is 4.67 Å². The number of nitrogens with zero attached hydrogens (tertiary/aromatic N) is 2. The largest absolute Gasteiger partial charge is 0.382 e. The first kappa shape index (κ1) is 33.6. The van der Waals surface area contributed by atoms with Crippen LogP contribution in [0, 0.1) is 11.3 Å². The van der Waals surface area contributed by atoms with Crippen molar-refractivity contribution in [2.24, 2.45) is 0 Å². The molecule has 0 rings (SSSR count). The zero-order valence-electron chi connectivity index (χ0n) is 22.2. The lowest BCUT2D eigenvalue weighted by molar-refractivity contribution is -0.0293. The molecule has 0 fully saturated rings. The van der Waals surface area contributed by atoms with Gasteiger partial charge in [-0.1, -0.05) is 0 Å². The molecule has 10 nitrogen and oxygen atoms in total. The molecule has 1 unspecified atom stereocenters. The summed E-state index contributed by atoms with van der Waals surface area (Å²) in [6, 6.07) is 2.16. The van der Waals surface area contributed by atoms with Crippen molar-refractivity contribution in [3.05, 3.63) is 11.4 Å². The monoisotopic (exact) mass is 524 g/mol. The van der Waals surface area contributed by atoms with E-state index in [4.69, 9.17) is 37.6 Å². The van der Waals surface area contributed by atoms with Gasteiger partial charge in [0.05, 0.1) is 45.5 Å². The highest BCUT2D eigenvalue weighted by molar-refractivity contribution is 7.57. The zero-order chi connectivity index (χ0) is 26.1. The van der Waals surface area contributed by atoms with Gasteiger partial charge in [0, 0.05) is 45.2 Å². The van der Waals surface area contributed by atoms with Crippen molar-refractivity contribution >= 4 is 24.0 Å². The minimum atomic E-state index is -3.40. The van der Waals surface area contributed by atoms with Gasteiger partial charge in [-0.25, -0.2) is 4.67 Å². The van der Waals surface area contributed by atoms with Gasteiger partial charge in [0.2, 0.25) is 0 Å².